The van der Waals surface area contributed by atoms with E-state index in [1.165, 1.54) is 0 Å². The van der Waals surface area contributed by atoms with Crippen LogP contribution in [0.5, 0.6) is 11.8 Å². The van der Waals surface area contributed by atoms with Crippen LogP contribution in [0.25, 0.3) is 32.9 Å². The summed E-state index contributed by atoms with van der Waals surface area (Å²) in [5.41, 5.74) is 3.90. The van der Waals surface area contributed by atoms with Gasteiger partial charge in [0.25, 0.3) is 0 Å². The highest BCUT2D eigenvalue weighted by Crippen LogP contribution is 2.49. The van der Waals surface area contributed by atoms with Crippen molar-refractivity contribution >= 4 is 45.3 Å². The molecule has 2 bridgehead atoms. The van der Waals surface area contributed by atoms with E-state index in [2.05, 4.69) is 40.0 Å². The number of piperazine rings is 1. The Morgan fingerprint density at radius 1 is 1.04 bits per heavy atom. The summed E-state index contributed by atoms with van der Waals surface area (Å²) in [5.74, 6) is 1.40. The number of fused-ring (bicyclic) bond motifs is 4. The number of likely N-dealkylation sites (tertiary alicyclic amines) is 1. The summed E-state index contributed by atoms with van der Waals surface area (Å²) in [6.07, 6.45) is 7.71. The number of carbonyl (C=O) groups excluding carboxylic acids is 1. The van der Waals surface area contributed by atoms with E-state index in [9.17, 15) is 4.79 Å². The number of halogens is 1. The van der Waals surface area contributed by atoms with Crippen LogP contribution in [0, 0.1) is 6.92 Å². The zero-order chi connectivity index (χ0) is 33.3. The molecule has 1 aliphatic carbocycles. The molecule has 3 aliphatic heterocycles. The van der Waals surface area contributed by atoms with Crippen molar-refractivity contribution in [2.75, 3.05) is 38.2 Å². The predicted octanol–water partition coefficient (Wildman–Crippen LogP) is 6.74. The highest BCUT2D eigenvalue weighted by atomic mass is 35.5. The third-order valence-electron chi connectivity index (χ3n) is 10.2. The van der Waals surface area contributed by atoms with Crippen LogP contribution in [0.1, 0.15) is 64.9 Å². The molecule has 3 atom stereocenters. The Bertz CT molecular complexity index is 1870. The molecule has 1 N–H and O–H groups in total. The molecule has 12 heteroatoms. The maximum Gasteiger partial charge on any atom is 0.410 e. The van der Waals surface area contributed by atoms with Gasteiger partial charge < -0.3 is 24.0 Å². The van der Waals surface area contributed by atoms with Gasteiger partial charge in [0.15, 0.2) is 5.75 Å². The van der Waals surface area contributed by atoms with Crippen molar-refractivity contribution in [3.05, 3.63) is 35.0 Å². The molecule has 11 nitrogen and oxygen atoms in total. The summed E-state index contributed by atoms with van der Waals surface area (Å²) < 4.78 is 19.0. The Morgan fingerprint density at radius 3 is 2.50 bits per heavy atom. The van der Waals surface area contributed by atoms with Gasteiger partial charge in [-0.3, -0.25) is 10.00 Å². The first-order chi connectivity index (χ1) is 23.0. The zero-order valence-electron chi connectivity index (χ0n) is 28.4. The van der Waals surface area contributed by atoms with E-state index in [1.54, 1.807) is 0 Å². The Labute approximate surface area is 285 Å². The van der Waals surface area contributed by atoms with Crippen LogP contribution < -0.4 is 14.4 Å². The van der Waals surface area contributed by atoms with Crippen molar-refractivity contribution in [3.8, 4) is 22.9 Å². The lowest BCUT2D eigenvalue weighted by molar-refractivity contribution is 0.0122. The molecule has 8 rings (SSSR count). The quantitative estimate of drug-likeness (QED) is 0.228. The first-order valence-electron chi connectivity index (χ1n) is 17.3. The van der Waals surface area contributed by atoms with E-state index in [4.69, 9.17) is 35.8 Å². The largest absolute Gasteiger partial charge is 0.487 e. The van der Waals surface area contributed by atoms with E-state index < -0.39 is 5.60 Å². The van der Waals surface area contributed by atoms with Gasteiger partial charge in [0, 0.05) is 41.0 Å². The average Bonchev–Trinajstić information content (AvgIpc) is 3.43. The fourth-order valence-electron chi connectivity index (χ4n) is 7.68. The van der Waals surface area contributed by atoms with Crippen molar-refractivity contribution < 1.29 is 19.0 Å². The molecule has 0 radical (unpaired) electrons. The topological polar surface area (TPSA) is 109 Å². The second-order valence-electron chi connectivity index (χ2n) is 15.0. The van der Waals surface area contributed by atoms with E-state index in [0.717, 1.165) is 83.9 Å². The minimum Gasteiger partial charge on any atom is -0.487 e. The lowest BCUT2D eigenvalue weighted by atomic mass is 9.94. The van der Waals surface area contributed by atoms with E-state index in [1.807, 2.05) is 44.0 Å². The molecule has 4 aliphatic rings. The molecule has 3 saturated heterocycles. The first-order valence-corrected chi connectivity index (χ1v) is 17.6. The number of hydrogen-bond donors (Lipinski definition) is 1. The fourth-order valence-corrected chi connectivity index (χ4v) is 7.97. The SMILES string of the molecule is Cc1ccc2[nH]ncc2c1-c1c(Cl)cc2c(N3CC4CCC(C3)N4C(=O)OC(C)(C)C)nc(OC[C@@H]3CCCN3C)nc2c1OC1CC1. The maximum atomic E-state index is 13.3. The maximum absolute atomic E-state index is 13.3. The second-order valence-corrected chi connectivity index (χ2v) is 15.4. The van der Waals surface area contributed by atoms with Crippen molar-refractivity contribution in [3.63, 3.8) is 0 Å². The zero-order valence-corrected chi connectivity index (χ0v) is 29.1. The van der Waals surface area contributed by atoms with Crippen LogP contribution in [-0.4, -0.2) is 99.2 Å². The standard InChI is InChI=1S/C36H44ClN7O4/c1-20-8-13-28-26(16-38-41-28)29(20)30-27(37)15-25-31(32(30)47-24-11-12-24)39-34(46-19-23-7-6-14-42(23)5)40-33(25)43-17-21-9-10-22(18-43)44(21)35(45)48-36(2,3)4/h8,13,15-16,21-24H,6-7,9-12,14,17-19H2,1-5H3,(H,38,41)/t21?,22?,23-/m0/s1. The summed E-state index contributed by atoms with van der Waals surface area (Å²) in [4.78, 5) is 30.0. The number of aromatic amines is 1. The van der Waals surface area contributed by atoms with Crippen LogP contribution in [0.2, 0.25) is 5.02 Å². The normalized spacial score (nSPS) is 23.0. The van der Waals surface area contributed by atoms with E-state index >= 15 is 0 Å². The third kappa shape index (κ3) is 5.78. The van der Waals surface area contributed by atoms with Gasteiger partial charge in [0.2, 0.25) is 0 Å². The summed E-state index contributed by atoms with van der Waals surface area (Å²) in [6.45, 7) is 10.6. The number of aryl methyl sites for hydroxylation is 1. The van der Waals surface area contributed by atoms with Crippen molar-refractivity contribution in [1.29, 1.82) is 0 Å². The Kier molecular flexibility index (Phi) is 7.82. The summed E-state index contributed by atoms with van der Waals surface area (Å²) in [6, 6.07) is 6.76. The van der Waals surface area contributed by atoms with Crippen LogP contribution in [-0.2, 0) is 4.74 Å². The van der Waals surface area contributed by atoms with Gasteiger partial charge in [-0.15, -0.1) is 0 Å². The average molecular weight is 674 g/mol. The molecule has 0 spiro atoms. The Balaban J connectivity index is 1.26. The number of nitrogens with one attached hydrogen (secondary N) is 1. The molecule has 1 amide bonds. The third-order valence-corrected chi connectivity index (χ3v) is 10.5. The number of hydrogen-bond acceptors (Lipinski definition) is 9. The Morgan fingerprint density at radius 2 is 1.81 bits per heavy atom. The number of likely N-dealkylation sites (N-methyl/N-ethyl adjacent to an activating group) is 1. The minimum absolute atomic E-state index is 0.0124. The highest BCUT2D eigenvalue weighted by Gasteiger charge is 2.45. The molecular formula is C36H44ClN7O4. The smallest absolute Gasteiger partial charge is 0.410 e. The van der Waals surface area contributed by atoms with Crippen LogP contribution in [0.4, 0.5) is 10.6 Å². The van der Waals surface area contributed by atoms with Crippen LogP contribution >= 0.6 is 11.6 Å². The molecule has 2 aromatic heterocycles. The fraction of sp³-hybridized carbons (Fsp3) is 0.556. The summed E-state index contributed by atoms with van der Waals surface area (Å²) >= 11 is 7.31. The van der Waals surface area contributed by atoms with Gasteiger partial charge in [0.05, 0.1) is 34.9 Å². The molecule has 4 fully saturated rings. The summed E-state index contributed by atoms with van der Waals surface area (Å²) in [7, 11) is 2.14. The van der Waals surface area contributed by atoms with E-state index in [0.29, 0.717) is 48.0 Å². The van der Waals surface area contributed by atoms with Gasteiger partial charge in [-0.2, -0.15) is 15.1 Å². The highest BCUT2D eigenvalue weighted by molar-refractivity contribution is 6.35. The molecular weight excluding hydrogens is 630 g/mol. The van der Waals surface area contributed by atoms with Gasteiger partial charge in [-0.25, -0.2) is 4.79 Å². The molecule has 5 heterocycles. The number of nitrogens with zero attached hydrogens (tertiary/aromatic N) is 6. The number of carbonyl (C=O) groups is 1. The number of ether oxygens (including phenoxy) is 3. The van der Waals surface area contributed by atoms with Gasteiger partial charge in [0.1, 0.15) is 23.5 Å². The van der Waals surface area contributed by atoms with Crippen molar-refractivity contribution in [1.82, 2.24) is 30.0 Å². The molecule has 254 valence electrons. The number of aromatic nitrogens is 4. The van der Waals surface area contributed by atoms with Gasteiger partial charge in [-0.05, 0) is 97.5 Å². The number of rotatable bonds is 7. The molecule has 48 heavy (non-hydrogen) atoms. The number of anilines is 1. The first kappa shape index (κ1) is 31.4. The number of H-pyrrole nitrogens is 1. The van der Waals surface area contributed by atoms with Gasteiger partial charge >= 0.3 is 12.1 Å². The summed E-state index contributed by atoms with van der Waals surface area (Å²) in [5, 5.41) is 9.79. The Hall–Kier alpha value is -3.83. The van der Waals surface area contributed by atoms with Crippen molar-refractivity contribution in [2.24, 2.45) is 0 Å². The number of amides is 1. The second kappa shape index (κ2) is 11.9. The number of benzene rings is 2. The van der Waals surface area contributed by atoms with Crippen LogP contribution in [0.15, 0.2) is 24.4 Å². The van der Waals surface area contributed by atoms with Crippen LogP contribution in [0.3, 0.4) is 0 Å². The van der Waals surface area contributed by atoms with Crippen molar-refractivity contribution in [2.45, 2.75) is 96.1 Å². The molecule has 2 aromatic carbocycles. The lowest BCUT2D eigenvalue weighted by Crippen LogP contribution is -2.57. The lowest BCUT2D eigenvalue weighted by Gasteiger charge is -2.42. The van der Waals surface area contributed by atoms with E-state index in [-0.39, 0.29) is 24.3 Å². The van der Waals surface area contributed by atoms with Gasteiger partial charge in [-0.1, -0.05) is 17.7 Å². The monoisotopic (exact) mass is 673 g/mol. The predicted molar refractivity (Wildman–Crippen MR) is 186 cm³/mol. The molecule has 4 aromatic rings. The minimum atomic E-state index is -0.554. The molecule has 1 saturated carbocycles. The molecule has 2 unspecified atom stereocenters.